The summed E-state index contributed by atoms with van der Waals surface area (Å²) in [5, 5.41) is 3.72. The fourth-order valence-electron chi connectivity index (χ4n) is 2.96. The number of nitrogens with one attached hydrogen (secondary N) is 1. The monoisotopic (exact) mass is 303 g/mol. The average molecular weight is 304 g/mol. The number of allylic oxidation sites excluding steroid dienone is 1. The van der Waals surface area contributed by atoms with E-state index < -0.39 is 0 Å². The standard InChI is InChI=1S/C19H29NS/c1-3-8-18(20-14-17-10-5-4-6-11-17)15-21-19-12-7-9-16(2)13-19/h7-9,12-13,17,20H,3-6,10-11,14-15H2,1-2H3/b18-8+. The lowest BCUT2D eigenvalue weighted by molar-refractivity contribution is 0.351. The van der Waals surface area contributed by atoms with E-state index in [0.29, 0.717) is 0 Å². The minimum Gasteiger partial charge on any atom is -0.388 e. The van der Waals surface area contributed by atoms with Crippen LogP contribution in [0.25, 0.3) is 0 Å². The van der Waals surface area contributed by atoms with Crippen molar-refractivity contribution < 1.29 is 0 Å². The van der Waals surface area contributed by atoms with Crippen molar-refractivity contribution in [1.29, 1.82) is 0 Å². The molecule has 2 rings (SSSR count). The van der Waals surface area contributed by atoms with Gasteiger partial charge < -0.3 is 5.32 Å². The van der Waals surface area contributed by atoms with Gasteiger partial charge in [0.2, 0.25) is 0 Å². The molecule has 0 radical (unpaired) electrons. The molecule has 0 aromatic heterocycles. The van der Waals surface area contributed by atoms with Crippen molar-refractivity contribution in [3.63, 3.8) is 0 Å². The second-order valence-electron chi connectivity index (χ2n) is 6.13. The summed E-state index contributed by atoms with van der Waals surface area (Å²) in [5.74, 6) is 1.95. The smallest absolute Gasteiger partial charge is 0.0376 e. The van der Waals surface area contributed by atoms with Crippen molar-refractivity contribution in [3.8, 4) is 0 Å². The highest BCUT2D eigenvalue weighted by Crippen LogP contribution is 2.24. The zero-order chi connectivity index (χ0) is 14.9. The van der Waals surface area contributed by atoms with E-state index in [0.717, 1.165) is 18.1 Å². The van der Waals surface area contributed by atoms with E-state index in [9.17, 15) is 0 Å². The first kappa shape index (κ1) is 16.5. The topological polar surface area (TPSA) is 12.0 Å². The molecule has 0 atom stereocenters. The van der Waals surface area contributed by atoms with Gasteiger partial charge in [-0.2, -0.15) is 0 Å². The van der Waals surface area contributed by atoms with E-state index in [1.165, 1.54) is 54.8 Å². The zero-order valence-corrected chi connectivity index (χ0v) is 14.3. The molecule has 1 fully saturated rings. The molecule has 0 saturated heterocycles. The average Bonchev–Trinajstić information content (AvgIpc) is 2.51. The number of benzene rings is 1. The van der Waals surface area contributed by atoms with Gasteiger partial charge >= 0.3 is 0 Å². The van der Waals surface area contributed by atoms with Crippen molar-refractivity contribution in [3.05, 3.63) is 41.6 Å². The van der Waals surface area contributed by atoms with Gasteiger partial charge in [-0.15, -0.1) is 11.8 Å². The molecule has 0 bridgehead atoms. The molecule has 116 valence electrons. The summed E-state index contributed by atoms with van der Waals surface area (Å²) in [4.78, 5) is 1.37. The van der Waals surface area contributed by atoms with Gasteiger partial charge in [0.1, 0.15) is 0 Å². The van der Waals surface area contributed by atoms with Gasteiger partial charge in [-0.1, -0.05) is 50.0 Å². The first-order valence-electron chi connectivity index (χ1n) is 8.40. The summed E-state index contributed by atoms with van der Waals surface area (Å²) in [7, 11) is 0. The minimum atomic E-state index is 0.892. The fraction of sp³-hybridized carbons (Fsp3) is 0.579. The number of hydrogen-bond donors (Lipinski definition) is 1. The lowest BCUT2D eigenvalue weighted by Crippen LogP contribution is -2.25. The summed E-state index contributed by atoms with van der Waals surface area (Å²) < 4.78 is 0. The fourth-order valence-corrected chi connectivity index (χ4v) is 3.95. The van der Waals surface area contributed by atoms with Gasteiger partial charge in [0.05, 0.1) is 0 Å². The molecule has 1 aliphatic rings. The third-order valence-corrected chi connectivity index (χ3v) is 5.22. The largest absolute Gasteiger partial charge is 0.388 e. The Morgan fingerprint density at radius 3 is 2.81 bits per heavy atom. The molecule has 1 aromatic rings. The Morgan fingerprint density at radius 1 is 1.29 bits per heavy atom. The second-order valence-corrected chi connectivity index (χ2v) is 7.18. The molecule has 1 nitrogen and oxygen atoms in total. The molecule has 1 aliphatic carbocycles. The van der Waals surface area contributed by atoms with Crippen LogP contribution in [0.4, 0.5) is 0 Å². The van der Waals surface area contributed by atoms with E-state index in [1.807, 2.05) is 11.8 Å². The number of rotatable bonds is 7. The van der Waals surface area contributed by atoms with Crippen molar-refractivity contribution in [1.82, 2.24) is 5.32 Å². The van der Waals surface area contributed by atoms with Crippen LogP contribution in [0.1, 0.15) is 51.0 Å². The van der Waals surface area contributed by atoms with Gasteiger partial charge in [-0.25, -0.2) is 0 Å². The molecule has 21 heavy (non-hydrogen) atoms. The molecule has 0 amide bonds. The summed E-state index contributed by atoms with van der Waals surface area (Å²) in [6.07, 6.45) is 10.6. The minimum absolute atomic E-state index is 0.892. The summed E-state index contributed by atoms with van der Waals surface area (Å²) in [5.41, 5.74) is 2.76. The summed E-state index contributed by atoms with van der Waals surface area (Å²) >= 11 is 1.94. The second kappa shape index (κ2) is 9.19. The molecular weight excluding hydrogens is 274 g/mol. The normalized spacial score (nSPS) is 17.0. The summed E-state index contributed by atoms with van der Waals surface area (Å²) in [6, 6.07) is 8.79. The van der Waals surface area contributed by atoms with Crippen LogP contribution in [-0.2, 0) is 0 Å². The maximum absolute atomic E-state index is 3.72. The maximum atomic E-state index is 3.72. The molecule has 0 unspecified atom stereocenters. The molecule has 2 heteroatoms. The maximum Gasteiger partial charge on any atom is 0.0376 e. The van der Waals surface area contributed by atoms with Crippen molar-refractivity contribution in [2.24, 2.45) is 5.92 Å². The Bertz CT molecular complexity index is 447. The highest BCUT2D eigenvalue weighted by Gasteiger charge is 2.13. The third-order valence-electron chi connectivity index (χ3n) is 4.18. The van der Waals surface area contributed by atoms with E-state index >= 15 is 0 Å². The lowest BCUT2D eigenvalue weighted by atomic mass is 9.89. The Balaban J connectivity index is 1.80. The predicted octanol–water partition coefficient (Wildman–Crippen LogP) is 5.55. The highest BCUT2D eigenvalue weighted by atomic mass is 32.2. The highest BCUT2D eigenvalue weighted by molar-refractivity contribution is 7.99. The van der Waals surface area contributed by atoms with Gasteiger partial charge in [0.25, 0.3) is 0 Å². The Hall–Kier alpha value is -0.890. The van der Waals surface area contributed by atoms with E-state index in [2.05, 4.69) is 49.5 Å². The lowest BCUT2D eigenvalue weighted by Gasteiger charge is -2.23. The number of aryl methyl sites for hydroxylation is 1. The molecule has 1 N–H and O–H groups in total. The van der Waals surface area contributed by atoms with Crippen molar-refractivity contribution in [2.45, 2.75) is 57.3 Å². The van der Waals surface area contributed by atoms with Gasteiger partial charge in [-0.05, 0) is 44.2 Å². The van der Waals surface area contributed by atoms with Crippen LogP contribution in [0.15, 0.2) is 40.9 Å². The molecule has 0 spiro atoms. The summed E-state index contributed by atoms with van der Waals surface area (Å²) in [6.45, 7) is 5.55. The molecule has 1 saturated carbocycles. The van der Waals surface area contributed by atoms with Crippen LogP contribution in [0.5, 0.6) is 0 Å². The van der Waals surface area contributed by atoms with Crippen molar-refractivity contribution in [2.75, 3.05) is 12.3 Å². The number of hydrogen-bond acceptors (Lipinski definition) is 2. The van der Waals surface area contributed by atoms with Crippen LogP contribution >= 0.6 is 11.8 Å². The van der Waals surface area contributed by atoms with Crippen LogP contribution in [-0.4, -0.2) is 12.3 Å². The van der Waals surface area contributed by atoms with E-state index in [4.69, 9.17) is 0 Å². The van der Waals surface area contributed by atoms with E-state index in [-0.39, 0.29) is 0 Å². The van der Waals surface area contributed by atoms with Crippen LogP contribution in [0, 0.1) is 12.8 Å². The quantitative estimate of drug-likeness (QED) is 0.663. The van der Waals surface area contributed by atoms with Gasteiger partial charge in [0, 0.05) is 22.9 Å². The van der Waals surface area contributed by atoms with Gasteiger partial charge in [0.15, 0.2) is 0 Å². The van der Waals surface area contributed by atoms with Crippen LogP contribution < -0.4 is 5.32 Å². The first-order valence-corrected chi connectivity index (χ1v) is 9.39. The third kappa shape index (κ3) is 6.17. The molecule has 1 aromatic carbocycles. The number of thioether (sulfide) groups is 1. The SMILES string of the molecule is CC/C=C(\CSc1cccc(C)c1)NCC1CCCCC1. The Labute approximate surface area is 134 Å². The zero-order valence-electron chi connectivity index (χ0n) is 13.5. The molecule has 0 aliphatic heterocycles. The van der Waals surface area contributed by atoms with Crippen LogP contribution in [0.2, 0.25) is 0 Å². The Morgan fingerprint density at radius 2 is 2.10 bits per heavy atom. The van der Waals surface area contributed by atoms with Crippen molar-refractivity contribution >= 4 is 11.8 Å². The van der Waals surface area contributed by atoms with Gasteiger partial charge in [-0.3, -0.25) is 0 Å². The Kier molecular flexibility index (Phi) is 7.21. The first-order chi connectivity index (χ1) is 10.3. The predicted molar refractivity (Wildman–Crippen MR) is 94.9 cm³/mol. The van der Waals surface area contributed by atoms with Crippen LogP contribution in [0.3, 0.4) is 0 Å². The molecule has 0 heterocycles. The van der Waals surface area contributed by atoms with E-state index in [1.54, 1.807) is 0 Å². The molecular formula is C19H29NS.